The fourth-order valence-electron chi connectivity index (χ4n) is 1.48. The predicted octanol–water partition coefficient (Wildman–Crippen LogP) is 3.58. The predicted molar refractivity (Wildman–Crippen MR) is 85.7 cm³/mol. The zero-order valence-corrected chi connectivity index (χ0v) is 14.7. The Labute approximate surface area is 133 Å². The van der Waals surface area contributed by atoms with E-state index < -0.39 is 11.9 Å². The third kappa shape index (κ3) is 18.4. The number of ether oxygens (including phenoxy) is 1. The molecule has 0 saturated heterocycles. The van der Waals surface area contributed by atoms with Gasteiger partial charge in [-0.15, -0.1) is 0 Å². The number of esters is 1. The molecule has 0 radical (unpaired) electrons. The minimum absolute atomic E-state index is 0.130. The summed E-state index contributed by atoms with van der Waals surface area (Å²) in [6.45, 7) is 11.2. The zero-order valence-electron chi connectivity index (χ0n) is 14.7. The van der Waals surface area contributed by atoms with E-state index in [1.165, 1.54) is 6.92 Å². The Morgan fingerprint density at radius 2 is 1.05 bits per heavy atom. The van der Waals surface area contributed by atoms with Gasteiger partial charge in [0.1, 0.15) is 0 Å². The average Bonchev–Trinajstić information content (AvgIpc) is 2.42. The Morgan fingerprint density at radius 1 is 0.773 bits per heavy atom. The highest BCUT2D eigenvalue weighted by Crippen LogP contribution is 2.06. The van der Waals surface area contributed by atoms with Gasteiger partial charge in [0, 0.05) is 6.92 Å². The molecule has 0 aliphatic rings. The van der Waals surface area contributed by atoms with Crippen LogP contribution in [0.1, 0.15) is 67.2 Å². The van der Waals surface area contributed by atoms with Crippen LogP contribution < -0.4 is 0 Å². The topological polar surface area (TPSA) is 101 Å². The maximum atomic E-state index is 10.2. The summed E-state index contributed by atoms with van der Waals surface area (Å²) in [5.41, 5.74) is 0. The zero-order chi connectivity index (χ0) is 18.1. The molecule has 0 heterocycles. The van der Waals surface area contributed by atoms with E-state index in [1.54, 1.807) is 6.92 Å². The summed E-state index contributed by atoms with van der Waals surface area (Å²) < 4.78 is 4.40. The molecule has 0 fully saturated rings. The van der Waals surface area contributed by atoms with E-state index in [2.05, 4.69) is 4.74 Å². The number of rotatable bonds is 7. The van der Waals surface area contributed by atoms with Gasteiger partial charge in [0.05, 0.1) is 18.4 Å². The summed E-state index contributed by atoms with van der Waals surface area (Å²) in [6, 6.07) is 0. The fraction of sp³-hybridized carbons (Fsp3) is 0.812. The molecule has 0 rings (SSSR count). The fourth-order valence-corrected chi connectivity index (χ4v) is 1.48. The highest BCUT2D eigenvalue weighted by molar-refractivity contribution is 5.70. The summed E-state index contributed by atoms with van der Waals surface area (Å²) in [6.07, 6.45) is 2.97. The number of carboxylic acid groups (broad SMARTS) is 2. The van der Waals surface area contributed by atoms with Crippen molar-refractivity contribution in [3.8, 4) is 0 Å². The molecule has 0 aliphatic heterocycles. The first-order chi connectivity index (χ1) is 10.2. The van der Waals surface area contributed by atoms with Gasteiger partial charge in [0.2, 0.25) is 0 Å². The van der Waals surface area contributed by atoms with Gasteiger partial charge < -0.3 is 14.9 Å². The van der Waals surface area contributed by atoms with E-state index in [0.29, 0.717) is 6.61 Å². The lowest BCUT2D eigenvalue weighted by Gasteiger charge is -2.02. The smallest absolute Gasteiger partial charge is 0.306 e. The van der Waals surface area contributed by atoms with E-state index in [0.717, 1.165) is 25.7 Å². The van der Waals surface area contributed by atoms with Gasteiger partial charge in [-0.2, -0.15) is 0 Å². The van der Waals surface area contributed by atoms with Gasteiger partial charge >= 0.3 is 17.9 Å². The van der Waals surface area contributed by atoms with Gasteiger partial charge in [-0.1, -0.05) is 27.7 Å². The standard InChI is InChI=1S/2C6H12O2.C4H8O2/c2*1-3-5(4-2)6(7)8;1-3-6-4(2)5/h2*5H,3-4H2,1-2H3,(H,7,8);3H2,1-2H3. The second-order valence-corrected chi connectivity index (χ2v) is 4.63. The number of hydrogen-bond donors (Lipinski definition) is 2. The van der Waals surface area contributed by atoms with Crippen LogP contribution in [-0.2, 0) is 19.1 Å². The Kier molecular flexibility index (Phi) is 20.1. The van der Waals surface area contributed by atoms with Crippen molar-refractivity contribution in [3.05, 3.63) is 0 Å². The van der Waals surface area contributed by atoms with Crippen LogP contribution in [0.4, 0.5) is 0 Å². The first-order valence-corrected chi connectivity index (χ1v) is 7.80. The average molecular weight is 320 g/mol. The minimum Gasteiger partial charge on any atom is -0.481 e. The van der Waals surface area contributed by atoms with Crippen molar-refractivity contribution in [2.24, 2.45) is 11.8 Å². The van der Waals surface area contributed by atoms with Crippen molar-refractivity contribution < 1.29 is 29.3 Å². The van der Waals surface area contributed by atoms with E-state index in [9.17, 15) is 14.4 Å². The summed E-state index contributed by atoms with van der Waals surface area (Å²) in [4.78, 5) is 30.1. The molecule has 0 aromatic carbocycles. The van der Waals surface area contributed by atoms with E-state index in [1.807, 2.05) is 27.7 Å². The largest absolute Gasteiger partial charge is 0.481 e. The van der Waals surface area contributed by atoms with E-state index >= 15 is 0 Å². The molecule has 0 unspecified atom stereocenters. The molecule has 0 aliphatic carbocycles. The quantitative estimate of drug-likeness (QED) is 0.695. The summed E-state index contributed by atoms with van der Waals surface area (Å²) in [5.74, 6) is -1.81. The van der Waals surface area contributed by atoms with Crippen LogP contribution in [0.5, 0.6) is 0 Å². The molecule has 132 valence electrons. The molecular formula is C16H32O6. The highest BCUT2D eigenvalue weighted by atomic mass is 16.5. The SMILES string of the molecule is CCC(CC)C(=O)O.CCC(CC)C(=O)O.CCOC(C)=O. The molecule has 0 saturated carbocycles. The maximum Gasteiger partial charge on any atom is 0.306 e. The van der Waals surface area contributed by atoms with Gasteiger partial charge in [0.15, 0.2) is 0 Å². The van der Waals surface area contributed by atoms with Crippen molar-refractivity contribution in [1.82, 2.24) is 0 Å². The van der Waals surface area contributed by atoms with Gasteiger partial charge in [-0.25, -0.2) is 0 Å². The molecule has 2 N–H and O–H groups in total. The molecule has 0 aromatic rings. The Morgan fingerprint density at radius 3 is 1.05 bits per heavy atom. The van der Waals surface area contributed by atoms with E-state index in [-0.39, 0.29) is 17.8 Å². The monoisotopic (exact) mass is 320 g/mol. The normalized spacial score (nSPS) is 9.27. The second kappa shape index (κ2) is 17.5. The van der Waals surface area contributed by atoms with E-state index in [4.69, 9.17) is 10.2 Å². The van der Waals surface area contributed by atoms with Crippen molar-refractivity contribution in [3.63, 3.8) is 0 Å². The summed E-state index contributed by atoms with van der Waals surface area (Å²) in [7, 11) is 0. The first kappa shape index (κ1) is 25.4. The molecule has 0 aromatic heterocycles. The van der Waals surface area contributed by atoms with Crippen molar-refractivity contribution in [1.29, 1.82) is 0 Å². The van der Waals surface area contributed by atoms with Crippen LogP contribution in [0.15, 0.2) is 0 Å². The third-order valence-electron chi connectivity index (χ3n) is 3.02. The molecule has 0 atom stereocenters. The number of carboxylic acids is 2. The minimum atomic E-state index is -0.671. The molecule has 22 heavy (non-hydrogen) atoms. The van der Waals surface area contributed by atoms with Crippen LogP contribution in [0.25, 0.3) is 0 Å². The summed E-state index contributed by atoms with van der Waals surface area (Å²) in [5, 5.41) is 16.7. The van der Waals surface area contributed by atoms with Crippen molar-refractivity contribution >= 4 is 17.9 Å². The second-order valence-electron chi connectivity index (χ2n) is 4.63. The van der Waals surface area contributed by atoms with Gasteiger partial charge in [-0.05, 0) is 32.6 Å². The number of carbonyl (C=O) groups is 3. The molecular weight excluding hydrogens is 288 g/mol. The highest BCUT2D eigenvalue weighted by Gasteiger charge is 2.10. The van der Waals surface area contributed by atoms with Crippen LogP contribution in [0, 0.1) is 11.8 Å². The lowest BCUT2D eigenvalue weighted by Crippen LogP contribution is -2.10. The van der Waals surface area contributed by atoms with Gasteiger partial charge in [0.25, 0.3) is 0 Å². The van der Waals surface area contributed by atoms with Gasteiger partial charge in [-0.3, -0.25) is 14.4 Å². The molecule has 0 amide bonds. The van der Waals surface area contributed by atoms with Crippen LogP contribution in [0.3, 0.4) is 0 Å². The van der Waals surface area contributed by atoms with Crippen LogP contribution in [0.2, 0.25) is 0 Å². The molecule has 0 spiro atoms. The molecule has 6 heteroatoms. The third-order valence-corrected chi connectivity index (χ3v) is 3.02. The Hall–Kier alpha value is -1.59. The Bertz CT molecular complexity index is 271. The molecule has 6 nitrogen and oxygen atoms in total. The lowest BCUT2D eigenvalue weighted by atomic mass is 10.1. The Balaban J connectivity index is -0.000000249. The maximum absolute atomic E-state index is 10.2. The summed E-state index contributed by atoms with van der Waals surface area (Å²) >= 11 is 0. The van der Waals surface area contributed by atoms with Crippen LogP contribution >= 0.6 is 0 Å². The van der Waals surface area contributed by atoms with Crippen molar-refractivity contribution in [2.45, 2.75) is 67.2 Å². The molecule has 0 bridgehead atoms. The number of carbonyl (C=O) groups excluding carboxylic acids is 1. The number of aliphatic carboxylic acids is 2. The number of hydrogen-bond acceptors (Lipinski definition) is 4. The lowest BCUT2D eigenvalue weighted by molar-refractivity contribution is -0.142. The first-order valence-electron chi connectivity index (χ1n) is 7.80. The van der Waals surface area contributed by atoms with Crippen molar-refractivity contribution in [2.75, 3.05) is 6.61 Å². The van der Waals surface area contributed by atoms with Crippen LogP contribution in [-0.4, -0.2) is 34.7 Å².